The first-order valence-corrected chi connectivity index (χ1v) is 5.71. The van der Waals surface area contributed by atoms with Gasteiger partial charge in [0.2, 0.25) is 0 Å². The molecule has 1 unspecified atom stereocenters. The molecule has 0 N–H and O–H groups in total. The van der Waals surface area contributed by atoms with E-state index >= 15 is 0 Å². The van der Waals surface area contributed by atoms with Crippen molar-refractivity contribution in [2.45, 2.75) is 33.6 Å². The van der Waals surface area contributed by atoms with Gasteiger partial charge in [-0.3, -0.25) is 0 Å². The molecule has 0 spiro atoms. The van der Waals surface area contributed by atoms with Crippen molar-refractivity contribution in [3.8, 4) is 0 Å². The summed E-state index contributed by atoms with van der Waals surface area (Å²) >= 11 is 4.24. The molecule has 0 aliphatic rings. The van der Waals surface area contributed by atoms with Crippen LogP contribution in [0.15, 0.2) is 0 Å². The van der Waals surface area contributed by atoms with E-state index in [2.05, 4.69) is 38.3 Å². The monoisotopic (exact) mass is 189 g/mol. The van der Waals surface area contributed by atoms with Crippen molar-refractivity contribution in [3.05, 3.63) is 0 Å². The zero-order valence-electron chi connectivity index (χ0n) is 8.71. The average Bonchev–Trinajstić information content (AvgIpc) is 2.07. The molecular weight excluding hydrogens is 166 g/mol. The van der Waals surface area contributed by atoms with E-state index in [9.17, 15) is 0 Å². The van der Waals surface area contributed by atoms with Crippen LogP contribution in [0.25, 0.3) is 0 Å². The molecule has 0 saturated carbocycles. The number of hydrogen-bond donors (Lipinski definition) is 1. The maximum Gasteiger partial charge on any atom is -0.00164 e. The van der Waals surface area contributed by atoms with Gasteiger partial charge in [-0.25, -0.2) is 0 Å². The van der Waals surface area contributed by atoms with Gasteiger partial charge >= 0.3 is 0 Å². The molecule has 0 aliphatic carbocycles. The Labute approximate surface area is 82.9 Å². The fourth-order valence-electron chi connectivity index (χ4n) is 1.31. The van der Waals surface area contributed by atoms with Crippen molar-refractivity contribution < 1.29 is 0 Å². The molecule has 0 radical (unpaired) electrons. The Kier molecular flexibility index (Phi) is 8.14. The Morgan fingerprint density at radius 3 is 2.17 bits per heavy atom. The molecule has 2 heteroatoms. The van der Waals surface area contributed by atoms with Crippen molar-refractivity contribution in [1.29, 1.82) is 0 Å². The van der Waals surface area contributed by atoms with E-state index < -0.39 is 0 Å². The molecule has 1 atom stereocenters. The highest BCUT2D eigenvalue weighted by atomic mass is 32.1. The van der Waals surface area contributed by atoms with Crippen molar-refractivity contribution in [3.63, 3.8) is 0 Å². The van der Waals surface area contributed by atoms with Crippen LogP contribution in [0.5, 0.6) is 0 Å². The van der Waals surface area contributed by atoms with Crippen LogP contribution in [-0.2, 0) is 0 Å². The standard InChI is InChI=1S/C10H23NS/c1-4-11(5-2)8-6-10(3)7-9-12/h10,12H,4-9H2,1-3H3. The van der Waals surface area contributed by atoms with Crippen molar-refractivity contribution >= 4 is 12.6 Å². The van der Waals surface area contributed by atoms with Gasteiger partial charge in [0.1, 0.15) is 0 Å². The lowest BCUT2D eigenvalue weighted by molar-refractivity contribution is 0.278. The Morgan fingerprint density at radius 1 is 1.17 bits per heavy atom. The van der Waals surface area contributed by atoms with E-state index in [1.807, 2.05) is 0 Å². The number of hydrogen-bond acceptors (Lipinski definition) is 2. The highest BCUT2D eigenvalue weighted by molar-refractivity contribution is 7.80. The fraction of sp³-hybridized carbons (Fsp3) is 1.00. The second kappa shape index (κ2) is 7.93. The smallest absolute Gasteiger partial charge is 0.00164 e. The summed E-state index contributed by atoms with van der Waals surface area (Å²) in [5.74, 6) is 1.86. The van der Waals surface area contributed by atoms with Crippen LogP contribution in [0.3, 0.4) is 0 Å². The van der Waals surface area contributed by atoms with Crippen molar-refractivity contribution in [2.75, 3.05) is 25.4 Å². The van der Waals surface area contributed by atoms with Crippen LogP contribution >= 0.6 is 12.6 Å². The third-order valence-electron chi connectivity index (χ3n) is 2.45. The van der Waals surface area contributed by atoms with E-state index in [0.29, 0.717) is 0 Å². The van der Waals surface area contributed by atoms with E-state index in [1.54, 1.807) is 0 Å². The summed E-state index contributed by atoms with van der Waals surface area (Å²) in [6.45, 7) is 10.4. The molecule has 0 aromatic rings. The van der Waals surface area contributed by atoms with Gasteiger partial charge in [0.15, 0.2) is 0 Å². The Hall–Kier alpha value is 0.310. The van der Waals surface area contributed by atoms with Crippen LogP contribution in [0, 0.1) is 5.92 Å². The summed E-state index contributed by atoms with van der Waals surface area (Å²) in [4.78, 5) is 2.48. The van der Waals surface area contributed by atoms with Gasteiger partial charge in [-0.15, -0.1) is 0 Å². The zero-order valence-corrected chi connectivity index (χ0v) is 9.61. The van der Waals surface area contributed by atoms with E-state index in [4.69, 9.17) is 0 Å². The third kappa shape index (κ3) is 5.90. The zero-order chi connectivity index (χ0) is 9.40. The molecule has 0 aromatic heterocycles. The van der Waals surface area contributed by atoms with Gasteiger partial charge in [0, 0.05) is 0 Å². The summed E-state index contributed by atoms with van der Waals surface area (Å²) < 4.78 is 0. The topological polar surface area (TPSA) is 3.24 Å². The molecule has 0 heterocycles. The quantitative estimate of drug-likeness (QED) is 0.603. The summed E-state index contributed by atoms with van der Waals surface area (Å²) in [5.41, 5.74) is 0. The first-order valence-electron chi connectivity index (χ1n) is 5.07. The second-order valence-corrected chi connectivity index (χ2v) is 3.88. The predicted molar refractivity (Wildman–Crippen MR) is 60.0 cm³/mol. The van der Waals surface area contributed by atoms with Crippen LogP contribution in [0.4, 0.5) is 0 Å². The largest absolute Gasteiger partial charge is 0.304 e. The number of rotatable bonds is 7. The molecular formula is C10H23NS. The van der Waals surface area contributed by atoms with Gasteiger partial charge in [0.25, 0.3) is 0 Å². The minimum atomic E-state index is 0.836. The molecule has 0 amide bonds. The summed E-state index contributed by atoms with van der Waals surface area (Å²) in [5, 5.41) is 0. The predicted octanol–water partition coefficient (Wildman–Crippen LogP) is 2.67. The SMILES string of the molecule is CCN(CC)CCC(C)CCS. The highest BCUT2D eigenvalue weighted by Crippen LogP contribution is 2.08. The van der Waals surface area contributed by atoms with Crippen LogP contribution < -0.4 is 0 Å². The number of thiol groups is 1. The van der Waals surface area contributed by atoms with Crippen LogP contribution in [0.2, 0.25) is 0 Å². The Bertz CT molecular complexity index is 91.8. The first kappa shape index (κ1) is 12.3. The molecule has 0 aliphatic heterocycles. The van der Waals surface area contributed by atoms with Gasteiger partial charge in [-0.1, -0.05) is 20.8 Å². The Morgan fingerprint density at radius 2 is 1.75 bits per heavy atom. The van der Waals surface area contributed by atoms with Crippen molar-refractivity contribution in [1.82, 2.24) is 4.90 Å². The van der Waals surface area contributed by atoms with E-state index in [0.717, 1.165) is 11.7 Å². The molecule has 1 nitrogen and oxygen atoms in total. The molecule has 74 valence electrons. The summed E-state index contributed by atoms with van der Waals surface area (Å²) in [6, 6.07) is 0. The lowest BCUT2D eigenvalue weighted by atomic mass is 10.1. The first-order chi connectivity index (χ1) is 5.74. The van der Waals surface area contributed by atoms with Gasteiger partial charge in [-0.05, 0) is 44.1 Å². The van der Waals surface area contributed by atoms with Gasteiger partial charge < -0.3 is 4.90 Å². The normalized spacial score (nSPS) is 13.8. The minimum Gasteiger partial charge on any atom is -0.304 e. The number of nitrogens with zero attached hydrogens (tertiary/aromatic N) is 1. The third-order valence-corrected chi connectivity index (χ3v) is 2.71. The minimum absolute atomic E-state index is 0.836. The maximum atomic E-state index is 4.24. The molecule has 0 aromatic carbocycles. The maximum absolute atomic E-state index is 4.24. The van der Waals surface area contributed by atoms with E-state index in [1.165, 1.54) is 32.5 Å². The Balaban J connectivity index is 3.37. The molecule has 0 rings (SSSR count). The lowest BCUT2D eigenvalue weighted by Crippen LogP contribution is -2.25. The fourth-order valence-corrected chi connectivity index (χ4v) is 1.75. The average molecular weight is 189 g/mol. The van der Waals surface area contributed by atoms with Crippen molar-refractivity contribution in [2.24, 2.45) is 5.92 Å². The van der Waals surface area contributed by atoms with Crippen LogP contribution in [-0.4, -0.2) is 30.3 Å². The van der Waals surface area contributed by atoms with Gasteiger partial charge in [0.05, 0.1) is 0 Å². The lowest BCUT2D eigenvalue weighted by Gasteiger charge is -2.20. The molecule has 0 saturated heterocycles. The summed E-state index contributed by atoms with van der Waals surface area (Å²) in [7, 11) is 0. The molecule has 0 bridgehead atoms. The van der Waals surface area contributed by atoms with Crippen LogP contribution in [0.1, 0.15) is 33.6 Å². The molecule has 0 fully saturated rings. The molecule has 12 heavy (non-hydrogen) atoms. The van der Waals surface area contributed by atoms with E-state index in [-0.39, 0.29) is 0 Å². The summed E-state index contributed by atoms with van der Waals surface area (Å²) in [6.07, 6.45) is 2.58. The van der Waals surface area contributed by atoms with Gasteiger partial charge in [-0.2, -0.15) is 12.6 Å². The second-order valence-electron chi connectivity index (χ2n) is 3.43. The highest BCUT2D eigenvalue weighted by Gasteiger charge is 2.03.